The summed E-state index contributed by atoms with van der Waals surface area (Å²) >= 11 is 0. The number of rotatable bonds is 8. The van der Waals surface area contributed by atoms with Gasteiger partial charge in [0, 0.05) is 50.2 Å². The van der Waals surface area contributed by atoms with Crippen LogP contribution >= 0.6 is 0 Å². The number of nitrogens with zero attached hydrogens (tertiary/aromatic N) is 6. The summed E-state index contributed by atoms with van der Waals surface area (Å²) in [5.74, 6) is 1.81. The lowest BCUT2D eigenvalue weighted by Gasteiger charge is -2.13. The number of pyridine rings is 3. The Labute approximate surface area is 381 Å². The van der Waals surface area contributed by atoms with Crippen LogP contribution in [0, 0.1) is 0 Å². The number of benzene rings is 8. The minimum absolute atomic E-state index is 0.599. The van der Waals surface area contributed by atoms with Gasteiger partial charge >= 0.3 is 0 Å². The van der Waals surface area contributed by atoms with E-state index < -0.39 is 0 Å². The van der Waals surface area contributed by atoms with Crippen LogP contribution in [0.3, 0.4) is 0 Å². The molecule has 0 spiro atoms. The molecular weight excluding hydrogens is 805 g/mol. The van der Waals surface area contributed by atoms with Crippen LogP contribution in [0.1, 0.15) is 0 Å². The average Bonchev–Trinajstić information content (AvgIpc) is 3.41. The van der Waals surface area contributed by atoms with Gasteiger partial charge in [-0.05, 0) is 69.8 Å². The molecule has 12 rings (SSSR count). The van der Waals surface area contributed by atoms with Crippen molar-refractivity contribution in [2.45, 2.75) is 0 Å². The van der Waals surface area contributed by atoms with Gasteiger partial charge in [0.2, 0.25) is 0 Å². The third-order valence-electron chi connectivity index (χ3n) is 12.2. The van der Waals surface area contributed by atoms with E-state index in [1.165, 1.54) is 0 Å². The third kappa shape index (κ3) is 7.32. The summed E-state index contributed by atoms with van der Waals surface area (Å²) in [6.07, 6.45) is 1.86. The molecular formula is C60H38N6. The molecule has 8 aromatic carbocycles. The molecule has 0 aliphatic carbocycles. The quantitative estimate of drug-likeness (QED) is 0.142. The van der Waals surface area contributed by atoms with Crippen LogP contribution in [0.5, 0.6) is 0 Å². The minimum atomic E-state index is 0.599. The molecule has 0 unspecified atom stereocenters. The molecule has 0 atom stereocenters. The van der Waals surface area contributed by atoms with E-state index in [2.05, 4.69) is 169 Å². The molecule has 0 aliphatic rings. The lowest BCUT2D eigenvalue weighted by molar-refractivity contribution is 1.07. The Bertz CT molecular complexity index is 3740. The van der Waals surface area contributed by atoms with Crippen molar-refractivity contribution in [1.29, 1.82) is 0 Å². The monoisotopic (exact) mass is 842 g/mol. The molecule has 0 saturated heterocycles. The standard InChI is InChI=1S/C60H38N6/c1-4-14-40(15-5-1)52-38-55(63-57-51(52)32-30-43-31-33-53(62-56(43)57)41-16-6-2-7-17-41)42-28-26-39(27-29-42)45-20-12-22-47(36-45)59-64-58(44-18-8-3-9-19-44)65-60(66-59)48-23-13-21-46(37-48)49-34-35-61-54-25-11-10-24-50(49)54/h1-38H. The second-order valence-electron chi connectivity index (χ2n) is 16.3. The summed E-state index contributed by atoms with van der Waals surface area (Å²) in [5.41, 5.74) is 15.9. The molecule has 4 heterocycles. The van der Waals surface area contributed by atoms with Gasteiger partial charge in [-0.25, -0.2) is 24.9 Å². The minimum Gasteiger partial charge on any atom is -0.256 e. The number of para-hydroxylation sites is 1. The molecule has 6 heteroatoms. The van der Waals surface area contributed by atoms with Crippen LogP contribution < -0.4 is 0 Å². The maximum absolute atomic E-state index is 5.37. The zero-order chi connectivity index (χ0) is 43.8. The van der Waals surface area contributed by atoms with E-state index in [4.69, 9.17) is 24.9 Å². The predicted octanol–water partition coefficient (Wildman–Crippen LogP) is 14.9. The molecule has 0 amide bonds. The molecule has 0 radical (unpaired) electrons. The van der Waals surface area contributed by atoms with E-state index in [9.17, 15) is 0 Å². The second kappa shape index (κ2) is 16.6. The van der Waals surface area contributed by atoms with Crippen LogP contribution in [-0.4, -0.2) is 29.9 Å². The Morgan fingerprint density at radius 3 is 1.52 bits per heavy atom. The lowest BCUT2D eigenvalue weighted by atomic mass is 9.96. The predicted molar refractivity (Wildman–Crippen MR) is 269 cm³/mol. The van der Waals surface area contributed by atoms with Gasteiger partial charge in [-0.2, -0.15) is 0 Å². The number of aromatic nitrogens is 6. The molecule has 0 N–H and O–H groups in total. The van der Waals surface area contributed by atoms with Crippen molar-refractivity contribution in [1.82, 2.24) is 29.9 Å². The SMILES string of the molecule is c1ccc(-c2ccc3ccc4c(-c5ccccc5)cc(-c5ccc(-c6cccc(-c7nc(-c8ccccc8)nc(-c8cccc(-c9ccnc%10ccccc9%10)c8)n7)c6)cc5)nc4c3n2)cc1. The van der Waals surface area contributed by atoms with Crippen LogP contribution in [0.4, 0.5) is 0 Å². The zero-order valence-corrected chi connectivity index (χ0v) is 35.6. The molecule has 0 saturated carbocycles. The van der Waals surface area contributed by atoms with Crippen LogP contribution in [0.15, 0.2) is 231 Å². The molecule has 0 aliphatic heterocycles. The van der Waals surface area contributed by atoms with E-state index in [0.29, 0.717) is 17.5 Å². The Hall–Kier alpha value is -9.00. The number of hydrogen-bond acceptors (Lipinski definition) is 6. The highest BCUT2D eigenvalue weighted by atomic mass is 15.0. The summed E-state index contributed by atoms with van der Waals surface area (Å²) in [6.45, 7) is 0. The molecule has 6 nitrogen and oxygen atoms in total. The number of fused-ring (bicyclic) bond motifs is 4. The van der Waals surface area contributed by atoms with E-state index in [1.807, 2.05) is 66.9 Å². The first-order valence-corrected chi connectivity index (χ1v) is 22.0. The molecule has 4 aromatic heterocycles. The van der Waals surface area contributed by atoms with Gasteiger partial charge in [0.05, 0.1) is 27.9 Å². The highest BCUT2D eigenvalue weighted by Crippen LogP contribution is 2.37. The van der Waals surface area contributed by atoms with Gasteiger partial charge in [-0.15, -0.1) is 0 Å². The second-order valence-corrected chi connectivity index (χ2v) is 16.3. The summed E-state index contributed by atoms with van der Waals surface area (Å²) in [7, 11) is 0. The fourth-order valence-electron chi connectivity index (χ4n) is 8.84. The summed E-state index contributed by atoms with van der Waals surface area (Å²) in [5, 5.41) is 3.21. The summed E-state index contributed by atoms with van der Waals surface area (Å²) in [6, 6.07) is 77.5. The number of hydrogen-bond donors (Lipinski definition) is 0. The van der Waals surface area contributed by atoms with Crippen molar-refractivity contribution < 1.29 is 0 Å². The van der Waals surface area contributed by atoms with Gasteiger partial charge in [0.1, 0.15) is 0 Å². The van der Waals surface area contributed by atoms with Gasteiger partial charge < -0.3 is 0 Å². The summed E-state index contributed by atoms with van der Waals surface area (Å²) < 4.78 is 0. The van der Waals surface area contributed by atoms with Crippen LogP contribution in [-0.2, 0) is 0 Å². The van der Waals surface area contributed by atoms with Gasteiger partial charge in [-0.1, -0.05) is 188 Å². The first-order chi connectivity index (χ1) is 32.7. The smallest absolute Gasteiger partial charge is 0.164 e. The van der Waals surface area contributed by atoms with Crippen molar-refractivity contribution in [3.63, 3.8) is 0 Å². The molecule has 308 valence electrons. The molecule has 0 fully saturated rings. The van der Waals surface area contributed by atoms with Crippen molar-refractivity contribution in [2.24, 2.45) is 0 Å². The van der Waals surface area contributed by atoms with E-state index >= 15 is 0 Å². The normalized spacial score (nSPS) is 11.3. The summed E-state index contributed by atoms with van der Waals surface area (Å²) in [4.78, 5) is 30.4. The average molecular weight is 843 g/mol. The first kappa shape index (κ1) is 38.7. The highest BCUT2D eigenvalue weighted by Gasteiger charge is 2.17. The molecule has 66 heavy (non-hydrogen) atoms. The first-order valence-electron chi connectivity index (χ1n) is 22.0. The van der Waals surface area contributed by atoms with Gasteiger partial charge in [0.15, 0.2) is 17.5 Å². The zero-order valence-electron chi connectivity index (χ0n) is 35.6. The van der Waals surface area contributed by atoms with Crippen molar-refractivity contribution in [3.05, 3.63) is 231 Å². The fourth-order valence-corrected chi connectivity index (χ4v) is 8.84. The fraction of sp³-hybridized carbons (Fsp3) is 0. The van der Waals surface area contributed by atoms with Crippen LogP contribution in [0.25, 0.3) is 123 Å². The Morgan fingerprint density at radius 1 is 0.258 bits per heavy atom. The largest absolute Gasteiger partial charge is 0.256 e. The van der Waals surface area contributed by atoms with Gasteiger partial charge in [-0.3, -0.25) is 4.98 Å². The van der Waals surface area contributed by atoms with Crippen molar-refractivity contribution in [2.75, 3.05) is 0 Å². The maximum atomic E-state index is 5.37. The molecule has 0 bridgehead atoms. The Balaban J connectivity index is 0.928. The lowest BCUT2D eigenvalue weighted by Crippen LogP contribution is -2.00. The van der Waals surface area contributed by atoms with E-state index in [-0.39, 0.29) is 0 Å². The van der Waals surface area contributed by atoms with Gasteiger partial charge in [0.25, 0.3) is 0 Å². The Morgan fingerprint density at radius 2 is 0.788 bits per heavy atom. The van der Waals surface area contributed by atoms with Crippen molar-refractivity contribution in [3.8, 4) is 90.1 Å². The molecule has 12 aromatic rings. The highest BCUT2D eigenvalue weighted by molar-refractivity contribution is 6.09. The third-order valence-corrected chi connectivity index (χ3v) is 12.2. The van der Waals surface area contributed by atoms with Crippen LogP contribution in [0.2, 0.25) is 0 Å². The maximum Gasteiger partial charge on any atom is 0.164 e. The topological polar surface area (TPSA) is 77.3 Å². The Kier molecular flexibility index (Phi) is 9.73. The van der Waals surface area contributed by atoms with Crippen molar-refractivity contribution >= 4 is 32.7 Å². The van der Waals surface area contributed by atoms with E-state index in [0.717, 1.165) is 105 Å². The van der Waals surface area contributed by atoms with E-state index in [1.54, 1.807) is 0 Å².